The Morgan fingerprint density at radius 3 is 1.78 bits per heavy atom. The topological polar surface area (TPSA) is 135 Å². The quantitative estimate of drug-likeness (QED) is 0.259. The van der Waals surface area contributed by atoms with Crippen molar-refractivity contribution in [3.63, 3.8) is 0 Å². The summed E-state index contributed by atoms with van der Waals surface area (Å²) in [6.07, 6.45) is 0. The Balaban J connectivity index is 1.51. The summed E-state index contributed by atoms with van der Waals surface area (Å²) in [5, 5.41) is 7.32. The van der Waals surface area contributed by atoms with E-state index in [1.165, 1.54) is 48.2 Å². The molecule has 0 saturated carbocycles. The second-order valence-electron chi connectivity index (χ2n) is 7.91. The highest BCUT2D eigenvalue weighted by molar-refractivity contribution is 8.00. The third kappa shape index (κ3) is 6.98. The summed E-state index contributed by atoms with van der Waals surface area (Å²) >= 11 is 1.29. The minimum absolute atomic E-state index is 0.0533. The molecule has 1 atom stereocenters. The lowest BCUT2D eigenvalue weighted by atomic mass is 10.1. The first-order valence-electron chi connectivity index (χ1n) is 11.0. The first-order valence-corrected chi connectivity index (χ1v) is 14.9. The highest BCUT2D eigenvalue weighted by atomic mass is 32.2. The van der Waals surface area contributed by atoms with Gasteiger partial charge in [-0.3, -0.25) is 9.52 Å². The second-order valence-corrected chi connectivity index (χ2v) is 12.3. The molecule has 190 valence electrons. The molecule has 0 aliphatic rings. The Morgan fingerprint density at radius 2 is 1.22 bits per heavy atom. The number of nitrogens with one attached hydrogen (secondary N) is 2. The van der Waals surface area contributed by atoms with Crippen LogP contribution in [0.2, 0.25) is 0 Å². The van der Waals surface area contributed by atoms with Crippen molar-refractivity contribution in [2.24, 2.45) is 5.14 Å². The molecule has 0 aromatic heterocycles. The zero-order chi connectivity index (χ0) is 26.5. The molecule has 4 rings (SSSR count). The number of thioether (sulfide) groups is 1. The number of hydrogen-bond donors (Lipinski definition) is 3. The third-order valence-corrected chi connectivity index (χ3v) is 8.80. The van der Waals surface area contributed by atoms with E-state index in [9.17, 15) is 21.6 Å². The van der Waals surface area contributed by atoms with Crippen LogP contribution >= 0.6 is 11.8 Å². The van der Waals surface area contributed by atoms with Crippen LogP contribution in [0.3, 0.4) is 0 Å². The monoisotopic (exact) mass is 553 g/mol. The average Bonchev–Trinajstić information content (AvgIpc) is 2.89. The molecule has 8 nitrogen and oxygen atoms in total. The molecule has 37 heavy (non-hydrogen) atoms. The van der Waals surface area contributed by atoms with Crippen LogP contribution in [0, 0.1) is 0 Å². The van der Waals surface area contributed by atoms with Gasteiger partial charge in [0.25, 0.3) is 10.0 Å². The van der Waals surface area contributed by atoms with Gasteiger partial charge in [-0.05, 0) is 66.2 Å². The van der Waals surface area contributed by atoms with Gasteiger partial charge in [0.05, 0.1) is 9.79 Å². The highest BCUT2D eigenvalue weighted by Crippen LogP contribution is 2.37. The smallest absolute Gasteiger partial charge is 0.261 e. The number of carbonyl (C=O) groups excluding carboxylic acids is 1. The molecule has 11 heteroatoms. The summed E-state index contributed by atoms with van der Waals surface area (Å²) in [6, 6.07) is 29.6. The molecule has 4 aromatic rings. The fraction of sp³-hybridized carbons (Fsp3) is 0.0385. The summed E-state index contributed by atoms with van der Waals surface area (Å²) in [5.41, 5.74) is 1.58. The molecule has 0 aliphatic carbocycles. The molecule has 0 spiro atoms. The highest BCUT2D eigenvalue weighted by Gasteiger charge is 2.23. The Kier molecular flexibility index (Phi) is 7.98. The van der Waals surface area contributed by atoms with Crippen molar-refractivity contribution < 1.29 is 21.6 Å². The number of amides is 1. The second kappa shape index (κ2) is 11.2. The van der Waals surface area contributed by atoms with Crippen molar-refractivity contribution in [3.05, 3.63) is 115 Å². The molecule has 4 N–H and O–H groups in total. The average molecular weight is 554 g/mol. The zero-order valence-electron chi connectivity index (χ0n) is 19.3. The van der Waals surface area contributed by atoms with Crippen molar-refractivity contribution in [3.8, 4) is 0 Å². The van der Waals surface area contributed by atoms with Crippen LogP contribution in [0.4, 0.5) is 11.4 Å². The lowest BCUT2D eigenvalue weighted by molar-refractivity contribution is -0.115. The van der Waals surface area contributed by atoms with Crippen LogP contribution in [0.25, 0.3) is 0 Å². The molecule has 0 saturated heterocycles. The Morgan fingerprint density at radius 1 is 0.676 bits per heavy atom. The molecular weight excluding hydrogens is 531 g/mol. The fourth-order valence-electron chi connectivity index (χ4n) is 3.39. The van der Waals surface area contributed by atoms with Gasteiger partial charge >= 0.3 is 0 Å². The van der Waals surface area contributed by atoms with Gasteiger partial charge in [0.15, 0.2) is 0 Å². The van der Waals surface area contributed by atoms with Crippen LogP contribution in [-0.4, -0.2) is 22.7 Å². The lowest BCUT2D eigenvalue weighted by Gasteiger charge is -2.17. The standard InChI is InChI=1S/C26H23N3O5S3/c27-36(31,32)23-17-13-20(14-18-23)28-26(30)25(19-7-3-1-4-8-19)35-22-15-11-21(12-16-22)29-37(33,34)24-9-5-2-6-10-24/h1-18,25,29H,(H,28,30)(H2,27,31,32). The summed E-state index contributed by atoms with van der Waals surface area (Å²) in [7, 11) is -7.56. The molecule has 4 aromatic carbocycles. The summed E-state index contributed by atoms with van der Waals surface area (Å²) in [5.74, 6) is -0.312. The van der Waals surface area contributed by atoms with Crippen LogP contribution in [0.15, 0.2) is 124 Å². The normalized spacial score (nSPS) is 12.5. The first-order chi connectivity index (χ1) is 17.6. The molecular formula is C26H23N3O5S3. The van der Waals surface area contributed by atoms with Gasteiger partial charge in [-0.25, -0.2) is 22.0 Å². The minimum atomic E-state index is -3.84. The lowest BCUT2D eigenvalue weighted by Crippen LogP contribution is -2.19. The predicted octanol–water partition coefficient (Wildman–Crippen LogP) is 4.61. The summed E-state index contributed by atoms with van der Waals surface area (Å²) in [4.78, 5) is 14.1. The van der Waals surface area contributed by atoms with Crippen LogP contribution in [-0.2, 0) is 24.8 Å². The molecule has 1 unspecified atom stereocenters. The van der Waals surface area contributed by atoms with E-state index >= 15 is 0 Å². The van der Waals surface area contributed by atoms with Gasteiger partial charge < -0.3 is 5.32 Å². The summed E-state index contributed by atoms with van der Waals surface area (Å²) < 4.78 is 50.7. The number of carbonyl (C=O) groups is 1. The van der Waals surface area contributed by atoms with Crippen LogP contribution in [0.1, 0.15) is 10.8 Å². The molecule has 0 aliphatic heterocycles. The van der Waals surface area contributed by atoms with Crippen molar-refractivity contribution in [2.45, 2.75) is 19.9 Å². The van der Waals surface area contributed by atoms with Crippen molar-refractivity contribution in [1.82, 2.24) is 0 Å². The maximum Gasteiger partial charge on any atom is 0.261 e. The van der Waals surface area contributed by atoms with E-state index in [2.05, 4.69) is 10.0 Å². The summed E-state index contributed by atoms with van der Waals surface area (Å²) in [6.45, 7) is 0. The van der Waals surface area contributed by atoms with Gasteiger partial charge in [-0.15, -0.1) is 11.8 Å². The largest absolute Gasteiger partial charge is 0.325 e. The third-order valence-electron chi connectivity index (χ3n) is 5.20. The van der Waals surface area contributed by atoms with E-state index in [1.807, 2.05) is 30.3 Å². The maximum atomic E-state index is 13.2. The molecule has 0 radical (unpaired) electrons. The number of primary sulfonamides is 1. The van der Waals surface area contributed by atoms with Gasteiger partial charge in [0.1, 0.15) is 5.25 Å². The Hall–Kier alpha value is -3.64. The SMILES string of the molecule is NS(=O)(=O)c1ccc(NC(=O)C(Sc2ccc(NS(=O)(=O)c3ccccc3)cc2)c2ccccc2)cc1. The van der Waals surface area contributed by atoms with Crippen molar-refractivity contribution in [1.29, 1.82) is 0 Å². The number of anilines is 2. The van der Waals surface area contributed by atoms with Gasteiger partial charge in [0, 0.05) is 16.3 Å². The number of sulfonamides is 2. The van der Waals surface area contributed by atoms with E-state index in [1.54, 1.807) is 42.5 Å². The number of rotatable bonds is 9. The van der Waals surface area contributed by atoms with Crippen LogP contribution < -0.4 is 15.2 Å². The van der Waals surface area contributed by atoms with Gasteiger partial charge in [-0.1, -0.05) is 48.5 Å². The number of hydrogen-bond acceptors (Lipinski definition) is 6. The number of nitrogens with two attached hydrogens (primary N) is 1. The zero-order valence-corrected chi connectivity index (χ0v) is 21.8. The van der Waals surface area contributed by atoms with E-state index < -0.39 is 25.3 Å². The number of benzene rings is 4. The van der Waals surface area contributed by atoms with Crippen molar-refractivity contribution >= 4 is 49.1 Å². The molecule has 0 bridgehead atoms. The maximum absolute atomic E-state index is 13.2. The van der Waals surface area contributed by atoms with Gasteiger partial charge in [0.2, 0.25) is 15.9 Å². The van der Waals surface area contributed by atoms with Crippen molar-refractivity contribution in [2.75, 3.05) is 10.0 Å². The Bertz CT molecular complexity index is 1580. The van der Waals surface area contributed by atoms with E-state index in [0.717, 1.165) is 10.5 Å². The molecule has 0 fully saturated rings. The Labute approximate surface area is 220 Å². The fourth-order valence-corrected chi connectivity index (χ4v) is 6.01. The minimum Gasteiger partial charge on any atom is -0.325 e. The predicted molar refractivity (Wildman–Crippen MR) is 145 cm³/mol. The van der Waals surface area contributed by atoms with Gasteiger partial charge in [-0.2, -0.15) is 0 Å². The van der Waals surface area contributed by atoms with E-state index in [-0.39, 0.29) is 15.7 Å². The first kappa shape index (κ1) is 26.4. The van der Waals surface area contributed by atoms with E-state index in [0.29, 0.717) is 11.4 Å². The molecule has 0 heterocycles. The van der Waals surface area contributed by atoms with E-state index in [4.69, 9.17) is 5.14 Å². The molecule has 1 amide bonds. The van der Waals surface area contributed by atoms with Crippen LogP contribution in [0.5, 0.6) is 0 Å².